The minimum absolute atomic E-state index is 0.0370. The lowest BCUT2D eigenvalue weighted by Gasteiger charge is -2.09. The number of rotatable bonds is 10. The lowest BCUT2D eigenvalue weighted by molar-refractivity contribution is -0.123. The second-order valence-corrected chi connectivity index (χ2v) is 6.03. The predicted octanol–water partition coefficient (Wildman–Crippen LogP) is 4.02. The molecule has 6 heteroatoms. The molecule has 0 aliphatic heterocycles. The van der Waals surface area contributed by atoms with Gasteiger partial charge in [-0.15, -0.1) is 0 Å². The number of aliphatic hydroxyl groups excluding tert-OH is 2. The van der Waals surface area contributed by atoms with Crippen LogP contribution in [0.25, 0.3) is 0 Å². The number of hydrogen-bond acceptors (Lipinski definition) is 6. The van der Waals surface area contributed by atoms with Crippen LogP contribution in [0.2, 0.25) is 0 Å². The van der Waals surface area contributed by atoms with E-state index in [4.69, 9.17) is 24.4 Å². The van der Waals surface area contributed by atoms with Gasteiger partial charge in [-0.25, -0.2) is 0 Å². The molecule has 0 heterocycles. The van der Waals surface area contributed by atoms with Crippen molar-refractivity contribution in [1.29, 1.82) is 0 Å². The molecule has 30 heavy (non-hydrogen) atoms. The molecule has 0 aliphatic rings. The Morgan fingerprint density at radius 2 is 1.47 bits per heavy atom. The van der Waals surface area contributed by atoms with Crippen LogP contribution in [0.4, 0.5) is 0 Å². The number of carbonyl (C=O) groups excluding carboxylic acids is 1. The molecule has 0 amide bonds. The van der Waals surface area contributed by atoms with Gasteiger partial charge in [-0.3, -0.25) is 4.79 Å². The fourth-order valence-electron chi connectivity index (χ4n) is 2.28. The summed E-state index contributed by atoms with van der Waals surface area (Å²) in [6.07, 6.45) is 1.85. The van der Waals surface area contributed by atoms with E-state index in [-0.39, 0.29) is 19.5 Å². The van der Waals surface area contributed by atoms with Gasteiger partial charge in [-0.2, -0.15) is 0 Å². The van der Waals surface area contributed by atoms with Crippen molar-refractivity contribution in [2.75, 3.05) is 26.4 Å². The molecule has 2 N–H and O–H groups in total. The number of hydrogen-bond donors (Lipinski definition) is 2. The van der Waals surface area contributed by atoms with Gasteiger partial charge < -0.3 is 24.4 Å². The van der Waals surface area contributed by atoms with E-state index in [2.05, 4.69) is 19.1 Å². The number of aryl methyl sites for hydroxylation is 1. The Hall–Kier alpha value is -2.25. The first-order chi connectivity index (χ1) is 14.6. The van der Waals surface area contributed by atoms with Gasteiger partial charge in [0, 0.05) is 18.8 Å². The zero-order valence-corrected chi connectivity index (χ0v) is 18.5. The van der Waals surface area contributed by atoms with Gasteiger partial charge in [0.2, 0.25) is 0 Å². The molecule has 0 bridgehead atoms. The molecule has 0 aromatic heterocycles. The third-order valence-corrected chi connectivity index (χ3v) is 3.81. The first-order valence-electron chi connectivity index (χ1n) is 10.3. The first kappa shape index (κ1) is 27.8. The maximum absolute atomic E-state index is 10.9. The SMILES string of the molecule is CCOC(C)OCC.CCc1ccc(OCc2ccccc2C=O)cc1.OCCO. The maximum Gasteiger partial charge on any atom is 0.154 e. The van der Waals surface area contributed by atoms with E-state index >= 15 is 0 Å². The third kappa shape index (κ3) is 13.1. The molecule has 0 aliphatic carbocycles. The van der Waals surface area contributed by atoms with Crippen LogP contribution in [0.3, 0.4) is 0 Å². The van der Waals surface area contributed by atoms with Gasteiger partial charge in [0.25, 0.3) is 0 Å². The largest absolute Gasteiger partial charge is 0.489 e. The molecule has 0 atom stereocenters. The number of ether oxygens (including phenoxy) is 3. The number of carbonyl (C=O) groups is 1. The lowest BCUT2D eigenvalue weighted by atomic mass is 10.1. The van der Waals surface area contributed by atoms with Crippen molar-refractivity contribution < 1.29 is 29.2 Å². The van der Waals surface area contributed by atoms with E-state index in [0.29, 0.717) is 12.2 Å². The Balaban J connectivity index is 0.000000585. The summed E-state index contributed by atoms with van der Waals surface area (Å²) >= 11 is 0. The van der Waals surface area contributed by atoms with E-state index in [1.165, 1.54) is 5.56 Å². The van der Waals surface area contributed by atoms with Crippen molar-refractivity contribution in [1.82, 2.24) is 0 Å². The highest BCUT2D eigenvalue weighted by atomic mass is 16.7. The van der Waals surface area contributed by atoms with Crippen LogP contribution in [0.1, 0.15) is 49.2 Å². The Morgan fingerprint density at radius 1 is 0.900 bits per heavy atom. The smallest absolute Gasteiger partial charge is 0.154 e. The summed E-state index contributed by atoms with van der Waals surface area (Å²) < 4.78 is 15.8. The molecule has 0 spiro atoms. The van der Waals surface area contributed by atoms with Crippen LogP contribution in [-0.4, -0.2) is 49.2 Å². The van der Waals surface area contributed by atoms with Crippen LogP contribution in [-0.2, 0) is 22.5 Å². The average molecular weight is 421 g/mol. The number of aliphatic hydroxyl groups is 2. The Bertz CT molecular complexity index is 649. The van der Waals surface area contributed by atoms with Crippen LogP contribution in [0, 0.1) is 0 Å². The summed E-state index contributed by atoms with van der Waals surface area (Å²) in [7, 11) is 0. The Labute approximate surface area is 180 Å². The van der Waals surface area contributed by atoms with Crippen molar-refractivity contribution in [3.05, 3.63) is 65.2 Å². The molecule has 0 unspecified atom stereocenters. The molecule has 168 valence electrons. The highest BCUT2D eigenvalue weighted by molar-refractivity contribution is 5.77. The van der Waals surface area contributed by atoms with Gasteiger partial charge in [-0.05, 0) is 50.5 Å². The van der Waals surface area contributed by atoms with Crippen molar-refractivity contribution in [3.63, 3.8) is 0 Å². The van der Waals surface area contributed by atoms with E-state index in [9.17, 15) is 4.79 Å². The molecule has 2 aromatic carbocycles. The highest BCUT2D eigenvalue weighted by Gasteiger charge is 2.01. The Morgan fingerprint density at radius 3 is 1.93 bits per heavy atom. The van der Waals surface area contributed by atoms with E-state index < -0.39 is 0 Å². The maximum atomic E-state index is 10.9. The minimum Gasteiger partial charge on any atom is -0.489 e. The van der Waals surface area contributed by atoms with Crippen molar-refractivity contribution in [2.24, 2.45) is 0 Å². The predicted molar refractivity (Wildman–Crippen MR) is 119 cm³/mol. The van der Waals surface area contributed by atoms with E-state index in [1.54, 1.807) is 6.07 Å². The summed E-state index contributed by atoms with van der Waals surface area (Å²) in [4.78, 5) is 10.9. The van der Waals surface area contributed by atoms with Crippen molar-refractivity contribution in [3.8, 4) is 5.75 Å². The molecular weight excluding hydrogens is 384 g/mol. The van der Waals surface area contributed by atoms with E-state index in [1.807, 2.05) is 51.1 Å². The van der Waals surface area contributed by atoms with Gasteiger partial charge in [0.15, 0.2) is 6.29 Å². The molecule has 0 saturated carbocycles. The second-order valence-electron chi connectivity index (χ2n) is 6.03. The first-order valence-corrected chi connectivity index (χ1v) is 10.3. The zero-order chi connectivity index (χ0) is 22.6. The molecule has 2 rings (SSSR count). The second kappa shape index (κ2) is 18.8. The van der Waals surface area contributed by atoms with Gasteiger partial charge >= 0.3 is 0 Å². The van der Waals surface area contributed by atoms with Crippen molar-refractivity contribution >= 4 is 6.29 Å². The summed E-state index contributed by atoms with van der Waals surface area (Å²) in [5.41, 5.74) is 2.88. The summed E-state index contributed by atoms with van der Waals surface area (Å²) in [6, 6.07) is 15.5. The number of aldehydes is 1. The van der Waals surface area contributed by atoms with Crippen LogP contribution in [0.15, 0.2) is 48.5 Å². The molecular formula is C24H36O6. The topological polar surface area (TPSA) is 85.2 Å². The fourth-order valence-corrected chi connectivity index (χ4v) is 2.28. The molecule has 0 saturated heterocycles. The molecule has 0 radical (unpaired) electrons. The Kier molecular flexibility index (Phi) is 17.4. The number of benzene rings is 2. The summed E-state index contributed by atoms with van der Waals surface area (Å²) in [5.74, 6) is 0.827. The fraction of sp³-hybridized carbons (Fsp3) is 0.458. The zero-order valence-electron chi connectivity index (χ0n) is 18.5. The minimum atomic E-state index is -0.125. The molecule has 0 fully saturated rings. The average Bonchev–Trinajstić information content (AvgIpc) is 2.79. The normalized spacial score (nSPS) is 9.83. The summed E-state index contributed by atoms with van der Waals surface area (Å²) in [5, 5.41) is 15.2. The van der Waals surface area contributed by atoms with Gasteiger partial charge in [0.05, 0.1) is 13.2 Å². The highest BCUT2D eigenvalue weighted by Crippen LogP contribution is 2.15. The standard InChI is InChI=1S/C16H16O2.C6H14O2.C2H6O2/c1-2-13-7-9-16(10-8-13)18-12-15-6-4-3-5-14(15)11-17;1-4-7-6(3)8-5-2;3-1-2-4/h3-11H,2,12H2,1H3;6H,4-5H2,1-3H3;3-4H,1-2H2. The summed E-state index contributed by atoms with van der Waals surface area (Å²) in [6.45, 7) is 9.54. The molecule has 6 nitrogen and oxygen atoms in total. The van der Waals surface area contributed by atoms with Crippen molar-refractivity contribution in [2.45, 2.75) is 47.0 Å². The monoisotopic (exact) mass is 420 g/mol. The van der Waals surface area contributed by atoms with Gasteiger partial charge in [-0.1, -0.05) is 43.3 Å². The van der Waals surface area contributed by atoms with Crippen LogP contribution < -0.4 is 4.74 Å². The van der Waals surface area contributed by atoms with Crippen LogP contribution in [0.5, 0.6) is 5.75 Å². The van der Waals surface area contributed by atoms with Crippen LogP contribution >= 0.6 is 0 Å². The quantitative estimate of drug-likeness (QED) is 0.446. The molecule has 2 aromatic rings. The lowest BCUT2D eigenvalue weighted by Crippen LogP contribution is -2.11. The third-order valence-electron chi connectivity index (χ3n) is 3.81. The van der Waals surface area contributed by atoms with E-state index in [0.717, 1.165) is 37.2 Å². The van der Waals surface area contributed by atoms with Gasteiger partial charge in [0.1, 0.15) is 18.6 Å².